The molecule has 0 fully saturated rings. The molecule has 1 N–H and O–H groups in total. The summed E-state index contributed by atoms with van der Waals surface area (Å²) < 4.78 is 39.5. The van der Waals surface area contributed by atoms with Gasteiger partial charge in [-0.3, -0.25) is 4.79 Å². The highest BCUT2D eigenvalue weighted by molar-refractivity contribution is 5.92. The fourth-order valence-corrected chi connectivity index (χ4v) is 4.51. The zero-order valence-corrected chi connectivity index (χ0v) is 20.3. The summed E-state index contributed by atoms with van der Waals surface area (Å²) in [5, 5.41) is 4.10. The van der Waals surface area contributed by atoms with E-state index in [1.807, 2.05) is 25.1 Å². The summed E-state index contributed by atoms with van der Waals surface area (Å²) >= 11 is 0. The third kappa shape index (κ3) is 5.47. The maximum absolute atomic E-state index is 13.2. The average molecular weight is 483 g/mol. The van der Waals surface area contributed by atoms with Crippen LogP contribution in [0.25, 0.3) is 16.5 Å². The first-order valence-electron chi connectivity index (χ1n) is 11.7. The first-order valence-corrected chi connectivity index (χ1v) is 11.7. The van der Waals surface area contributed by atoms with Crippen molar-refractivity contribution in [3.05, 3.63) is 71.1 Å². The molecule has 3 aromatic rings. The number of benzene rings is 2. The van der Waals surface area contributed by atoms with E-state index in [2.05, 4.69) is 21.4 Å². The highest BCUT2D eigenvalue weighted by Gasteiger charge is 2.31. The normalized spacial score (nSPS) is 17.1. The van der Waals surface area contributed by atoms with Crippen LogP contribution in [0, 0.1) is 12.8 Å². The molecule has 1 amide bonds. The number of allylic oxidation sites excluding steroid dienone is 2. The number of aryl methyl sites for hydroxylation is 1. The molecule has 5 nitrogen and oxygen atoms in total. The van der Waals surface area contributed by atoms with Crippen molar-refractivity contribution in [2.75, 3.05) is 19.4 Å². The number of carbonyl (C=O) groups is 1. The van der Waals surface area contributed by atoms with E-state index in [9.17, 15) is 18.0 Å². The first kappa shape index (κ1) is 24.7. The van der Waals surface area contributed by atoms with Crippen molar-refractivity contribution in [2.45, 2.75) is 45.3 Å². The van der Waals surface area contributed by atoms with Crippen molar-refractivity contribution in [2.24, 2.45) is 5.92 Å². The molecule has 2 atom stereocenters. The predicted molar refractivity (Wildman–Crippen MR) is 132 cm³/mol. The maximum atomic E-state index is 13.2. The number of hydrogen-bond acceptors (Lipinski definition) is 4. The summed E-state index contributed by atoms with van der Waals surface area (Å²) in [5.41, 5.74) is 2.82. The third-order valence-electron chi connectivity index (χ3n) is 6.45. The SMILES string of the molecule is Cc1nc(N[C@@H](C)c2cccc(C(F)(F)F)c2)c2cc(C3=CCC(C(=O)N(C)C)CC3)ccc2n1. The molecule has 35 heavy (non-hydrogen) atoms. The van der Waals surface area contributed by atoms with Gasteiger partial charge in [0.1, 0.15) is 11.6 Å². The van der Waals surface area contributed by atoms with Crippen molar-refractivity contribution >= 4 is 28.2 Å². The molecular weight excluding hydrogens is 453 g/mol. The Kier molecular flexibility index (Phi) is 6.83. The lowest BCUT2D eigenvalue weighted by Crippen LogP contribution is -2.30. The van der Waals surface area contributed by atoms with Gasteiger partial charge in [0, 0.05) is 31.4 Å². The summed E-state index contributed by atoms with van der Waals surface area (Å²) in [6, 6.07) is 10.9. The topological polar surface area (TPSA) is 58.1 Å². The van der Waals surface area contributed by atoms with Crippen molar-refractivity contribution in [3.8, 4) is 0 Å². The number of amides is 1. The molecule has 0 spiro atoms. The number of rotatable bonds is 5. The van der Waals surface area contributed by atoms with E-state index < -0.39 is 17.8 Å². The molecule has 184 valence electrons. The van der Waals surface area contributed by atoms with Crippen LogP contribution in [0.2, 0.25) is 0 Å². The molecule has 1 aliphatic rings. The minimum Gasteiger partial charge on any atom is -0.363 e. The predicted octanol–water partition coefficient (Wildman–Crippen LogP) is 6.40. The van der Waals surface area contributed by atoms with Gasteiger partial charge in [0.25, 0.3) is 0 Å². The molecule has 0 saturated heterocycles. The van der Waals surface area contributed by atoms with Crippen molar-refractivity contribution in [1.29, 1.82) is 0 Å². The second kappa shape index (κ2) is 9.68. The lowest BCUT2D eigenvalue weighted by Gasteiger charge is -2.24. The second-order valence-electron chi connectivity index (χ2n) is 9.27. The number of nitrogens with one attached hydrogen (secondary N) is 1. The molecule has 1 unspecified atom stereocenters. The van der Waals surface area contributed by atoms with E-state index in [0.29, 0.717) is 23.6 Å². The number of fused-ring (bicyclic) bond motifs is 1. The minimum atomic E-state index is -4.40. The molecule has 0 saturated carbocycles. The summed E-state index contributed by atoms with van der Waals surface area (Å²) in [6.45, 7) is 3.60. The van der Waals surface area contributed by atoms with E-state index in [1.165, 1.54) is 11.6 Å². The fraction of sp³-hybridized carbons (Fsp3) is 0.370. The van der Waals surface area contributed by atoms with Gasteiger partial charge in [-0.15, -0.1) is 0 Å². The zero-order chi connectivity index (χ0) is 25.3. The van der Waals surface area contributed by atoms with Crippen LogP contribution >= 0.6 is 0 Å². The van der Waals surface area contributed by atoms with Gasteiger partial charge >= 0.3 is 6.18 Å². The summed E-state index contributed by atoms with van der Waals surface area (Å²) in [4.78, 5) is 23.0. The Bertz CT molecular complexity index is 1280. The van der Waals surface area contributed by atoms with Crippen LogP contribution in [0.5, 0.6) is 0 Å². The van der Waals surface area contributed by atoms with Gasteiger partial charge in [-0.2, -0.15) is 13.2 Å². The Morgan fingerprint density at radius 3 is 2.57 bits per heavy atom. The van der Waals surface area contributed by atoms with Crippen molar-refractivity contribution in [1.82, 2.24) is 14.9 Å². The number of carbonyl (C=O) groups excluding carboxylic acids is 1. The van der Waals surface area contributed by atoms with Gasteiger partial charge in [-0.25, -0.2) is 9.97 Å². The van der Waals surface area contributed by atoms with E-state index in [4.69, 9.17) is 0 Å². The number of halogens is 3. The fourth-order valence-electron chi connectivity index (χ4n) is 4.51. The lowest BCUT2D eigenvalue weighted by molar-refractivity contribution is -0.137. The van der Waals surface area contributed by atoms with Crippen molar-refractivity contribution in [3.63, 3.8) is 0 Å². The maximum Gasteiger partial charge on any atom is 0.416 e. The summed E-state index contributed by atoms with van der Waals surface area (Å²) in [6.07, 6.45) is 0.0260. The van der Waals surface area contributed by atoms with Gasteiger partial charge in [0.15, 0.2) is 0 Å². The highest BCUT2D eigenvalue weighted by atomic mass is 19.4. The number of anilines is 1. The smallest absolute Gasteiger partial charge is 0.363 e. The minimum absolute atomic E-state index is 0.00530. The van der Waals surface area contributed by atoms with Crippen LogP contribution < -0.4 is 5.32 Å². The Labute approximate surface area is 203 Å². The van der Waals surface area contributed by atoms with Gasteiger partial charge in [0.2, 0.25) is 5.91 Å². The number of nitrogens with zero attached hydrogens (tertiary/aromatic N) is 3. The van der Waals surface area contributed by atoms with Crippen LogP contribution in [-0.4, -0.2) is 34.9 Å². The molecule has 0 radical (unpaired) electrons. The Hall–Kier alpha value is -3.42. The van der Waals surface area contributed by atoms with E-state index in [-0.39, 0.29) is 11.8 Å². The molecular formula is C27H29F3N4O. The molecule has 0 bridgehead atoms. The van der Waals surface area contributed by atoms with Crippen LogP contribution in [0.4, 0.5) is 19.0 Å². The number of aromatic nitrogens is 2. The van der Waals surface area contributed by atoms with E-state index >= 15 is 0 Å². The van der Waals surface area contributed by atoms with Gasteiger partial charge in [0.05, 0.1) is 11.1 Å². The highest BCUT2D eigenvalue weighted by Crippen LogP contribution is 2.35. The van der Waals surface area contributed by atoms with Crippen LogP contribution in [-0.2, 0) is 11.0 Å². The molecule has 0 aliphatic heterocycles. The van der Waals surface area contributed by atoms with Gasteiger partial charge < -0.3 is 10.2 Å². The lowest BCUT2D eigenvalue weighted by atomic mass is 9.85. The van der Waals surface area contributed by atoms with Crippen LogP contribution in [0.3, 0.4) is 0 Å². The quantitative estimate of drug-likeness (QED) is 0.457. The van der Waals surface area contributed by atoms with Gasteiger partial charge in [-0.05, 0) is 74.1 Å². The summed E-state index contributed by atoms with van der Waals surface area (Å²) in [7, 11) is 3.56. The Balaban J connectivity index is 1.63. The monoisotopic (exact) mass is 482 g/mol. The standard InChI is InChI=1S/C27H29F3N4O/c1-16(20-6-5-7-22(14-20)27(28,29)30)31-25-23-15-21(12-13-24(23)32-17(2)33-25)18-8-10-19(11-9-18)26(35)34(3)4/h5-8,12-16,19H,9-11H2,1-4H3,(H,31,32,33)/t16-,19?/m0/s1. The van der Waals surface area contributed by atoms with Crippen molar-refractivity contribution < 1.29 is 18.0 Å². The van der Waals surface area contributed by atoms with E-state index in [1.54, 1.807) is 32.0 Å². The molecule has 2 aromatic carbocycles. The number of hydrogen-bond donors (Lipinski definition) is 1. The zero-order valence-electron chi connectivity index (χ0n) is 20.3. The first-order chi connectivity index (χ1) is 16.5. The molecule has 4 rings (SSSR count). The van der Waals surface area contributed by atoms with Crippen LogP contribution in [0.15, 0.2) is 48.5 Å². The largest absolute Gasteiger partial charge is 0.416 e. The molecule has 1 aromatic heterocycles. The van der Waals surface area contributed by atoms with Crippen LogP contribution in [0.1, 0.15) is 54.7 Å². The third-order valence-corrected chi connectivity index (χ3v) is 6.45. The summed E-state index contributed by atoms with van der Waals surface area (Å²) in [5.74, 6) is 1.31. The Morgan fingerprint density at radius 2 is 1.91 bits per heavy atom. The number of alkyl halides is 3. The second-order valence-corrected chi connectivity index (χ2v) is 9.27. The molecule has 8 heteroatoms. The molecule has 1 heterocycles. The average Bonchev–Trinajstić information content (AvgIpc) is 2.83. The van der Waals surface area contributed by atoms with E-state index in [0.717, 1.165) is 41.4 Å². The Morgan fingerprint density at radius 1 is 1.14 bits per heavy atom. The van der Waals surface area contributed by atoms with Gasteiger partial charge in [-0.1, -0.05) is 24.3 Å². The molecule has 1 aliphatic carbocycles.